The number of hydrogen-bond acceptors (Lipinski definition) is 8. The maximum absolute atomic E-state index is 5.89. The summed E-state index contributed by atoms with van der Waals surface area (Å²) in [5.41, 5.74) is 5.89. The van der Waals surface area contributed by atoms with Gasteiger partial charge in [0, 0.05) is 36.7 Å². The maximum Gasteiger partial charge on any atom is 0.232 e. The lowest BCUT2D eigenvalue weighted by atomic mass is 10.2. The summed E-state index contributed by atoms with van der Waals surface area (Å²) in [5, 5.41) is 0. The normalized spacial score (nSPS) is 22.4. The predicted octanol–water partition coefficient (Wildman–Crippen LogP) is 0.622. The Morgan fingerprint density at radius 1 is 1.05 bits per heavy atom. The zero-order valence-electron chi connectivity index (χ0n) is 12.6. The smallest absolute Gasteiger partial charge is 0.232 e. The highest BCUT2D eigenvalue weighted by molar-refractivity contribution is 8.00. The lowest BCUT2D eigenvalue weighted by molar-refractivity contribution is 0.122. The first kappa shape index (κ1) is 14.6. The van der Waals surface area contributed by atoms with Crippen LogP contribution < -0.4 is 15.5 Å². The van der Waals surface area contributed by atoms with Gasteiger partial charge in [-0.25, -0.2) is 0 Å². The summed E-state index contributed by atoms with van der Waals surface area (Å²) < 4.78 is 5.58. The van der Waals surface area contributed by atoms with Gasteiger partial charge in [0.2, 0.25) is 17.8 Å². The lowest BCUT2D eigenvalue weighted by Gasteiger charge is -2.37. The molecule has 2 aliphatic rings. The van der Waals surface area contributed by atoms with E-state index in [1.807, 2.05) is 11.8 Å². The number of ether oxygens (including phenoxy) is 1. The van der Waals surface area contributed by atoms with Gasteiger partial charge in [-0.15, -0.1) is 0 Å². The number of aromatic nitrogens is 3. The Morgan fingerprint density at radius 2 is 1.71 bits per heavy atom. The largest absolute Gasteiger partial charge is 0.378 e. The third kappa shape index (κ3) is 3.49. The van der Waals surface area contributed by atoms with E-state index in [2.05, 4.69) is 38.6 Å². The molecule has 3 heterocycles. The van der Waals surface area contributed by atoms with E-state index in [4.69, 9.17) is 10.5 Å². The van der Waals surface area contributed by atoms with Crippen molar-refractivity contribution in [2.75, 3.05) is 60.7 Å². The number of rotatable bonds is 2. The second-order valence-corrected chi connectivity index (χ2v) is 7.72. The van der Waals surface area contributed by atoms with Crippen molar-refractivity contribution in [3.8, 4) is 0 Å². The van der Waals surface area contributed by atoms with Gasteiger partial charge < -0.3 is 20.3 Å². The summed E-state index contributed by atoms with van der Waals surface area (Å²) in [6.07, 6.45) is 0. The van der Waals surface area contributed by atoms with Gasteiger partial charge in [-0.1, -0.05) is 0 Å². The Hall–Kier alpha value is -1.28. The maximum atomic E-state index is 5.89. The molecule has 1 aromatic rings. The summed E-state index contributed by atoms with van der Waals surface area (Å²) >= 11 is 1.98. The minimum absolute atomic E-state index is 0.207. The van der Waals surface area contributed by atoms with Gasteiger partial charge >= 0.3 is 0 Å². The number of morpholine rings is 1. The van der Waals surface area contributed by atoms with Crippen LogP contribution in [0.4, 0.5) is 17.8 Å². The second-order valence-electron chi connectivity index (χ2n) is 5.92. The lowest BCUT2D eigenvalue weighted by Crippen LogP contribution is -2.44. The number of nitrogens with zero attached hydrogens (tertiary/aromatic N) is 5. The molecule has 116 valence electrons. The van der Waals surface area contributed by atoms with Crippen LogP contribution in [-0.4, -0.2) is 64.8 Å². The molecule has 3 rings (SSSR count). The van der Waals surface area contributed by atoms with E-state index in [0.717, 1.165) is 31.9 Å². The minimum atomic E-state index is 0.207. The van der Waals surface area contributed by atoms with Gasteiger partial charge in [-0.3, -0.25) is 0 Å². The van der Waals surface area contributed by atoms with Crippen LogP contribution in [0.3, 0.4) is 0 Å². The molecular weight excluding hydrogens is 288 g/mol. The summed E-state index contributed by atoms with van der Waals surface area (Å²) in [6, 6.07) is 0. The Balaban J connectivity index is 1.83. The highest BCUT2D eigenvalue weighted by Gasteiger charge is 2.29. The van der Waals surface area contributed by atoms with Gasteiger partial charge in [0.15, 0.2) is 0 Å². The van der Waals surface area contributed by atoms with Crippen molar-refractivity contribution in [1.29, 1.82) is 0 Å². The highest BCUT2D eigenvalue weighted by Crippen LogP contribution is 2.31. The molecule has 7 nitrogen and oxygen atoms in total. The van der Waals surface area contributed by atoms with Gasteiger partial charge in [0.1, 0.15) is 0 Å². The van der Waals surface area contributed by atoms with Gasteiger partial charge in [0.25, 0.3) is 0 Å². The van der Waals surface area contributed by atoms with Crippen LogP contribution in [0.1, 0.15) is 13.8 Å². The van der Waals surface area contributed by atoms with E-state index in [-0.39, 0.29) is 10.7 Å². The summed E-state index contributed by atoms with van der Waals surface area (Å²) in [5.74, 6) is 2.72. The molecule has 0 aliphatic carbocycles. The Morgan fingerprint density at radius 3 is 2.38 bits per heavy atom. The van der Waals surface area contributed by atoms with E-state index < -0.39 is 0 Å². The number of thioether (sulfide) groups is 1. The van der Waals surface area contributed by atoms with Crippen LogP contribution in [0.2, 0.25) is 0 Å². The Labute approximate surface area is 129 Å². The third-order valence-corrected chi connectivity index (χ3v) is 4.93. The van der Waals surface area contributed by atoms with Crippen molar-refractivity contribution >= 4 is 29.6 Å². The van der Waals surface area contributed by atoms with Crippen LogP contribution in [0.5, 0.6) is 0 Å². The molecule has 0 spiro atoms. The van der Waals surface area contributed by atoms with E-state index in [1.54, 1.807) is 0 Å². The Bertz CT molecular complexity index is 505. The van der Waals surface area contributed by atoms with Crippen molar-refractivity contribution < 1.29 is 4.74 Å². The fourth-order valence-electron chi connectivity index (χ4n) is 2.60. The average Bonchev–Trinajstić information content (AvgIpc) is 2.46. The zero-order valence-corrected chi connectivity index (χ0v) is 13.4. The highest BCUT2D eigenvalue weighted by atomic mass is 32.2. The molecule has 0 amide bonds. The monoisotopic (exact) mass is 310 g/mol. The molecular formula is C13H22N6OS. The molecule has 0 atom stereocenters. The zero-order chi connectivity index (χ0) is 14.9. The third-order valence-electron chi connectivity index (χ3n) is 3.63. The van der Waals surface area contributed by atoms with Crippen LogP contribution >= 0.6 is 11.8 Å². The topological polar surface area (TPSA) is 80.4 Å². The summed E-state index contributed by atoms with van der Waals surface area (Å²) in [4.78, 5) is 17.6. The number of nitrogens with two attached hydrogens (primary N) is 1. The van der Waals surface area contributed by atoms with E-state index in [0.29, 0.717) is 25.1 Å². The number of anilines is 3. The second kappa shape index (κ2) is 5.84. The molecule has 2 fully saturated rings. The van der Waals surface area contributed by atoms with Crippen molar-refractivity contribution in [3.05, 3.63) is 0 Å². The number of hydrogen-bond donors (Lipinski definition) is 1. The van der Waals surface area contributed by atoms with Gasteiger partial charge in [-0.05, 0) is 13.8 Å². The van der Waals surface area contributed by atoms with Crippen LogP contribution in [-0.2, 0) is 4.74 Å². The molecule has 2 aliphatic heterocycles. The molecule has 0 saturated carbocycles. The van der Waals surface area contributed by atoms with Crippen molar-refractivity contribution in [1.82, 2.24) is 15.0 Å². The number of nitrogen functional groups attached to an aromatic ring is 1. The van der Waals surface area contributed by atoms with Crippen LogP contribution in [0.25, 0.3) is 0 Å². The molecule has 2 N–H and O–H groups in total. The van der Waals surface area contributed by atoms with E-state index >= 15 is 0 Å². The SMILES string of the molecule is CC1(C)CN(c2nc(N)nc(N3CCOCC3)n2)CCS1. The molecule has 8 heteroatoms. The minimum Gasteiger partial charge on any atom is -0.378 e. The van der Waals surface area contributed by atoms with Crippen LogP contribution in [0, 0.1) is 0 Å². The summed E-state index contributed by atoms with van der Waals surface area (Å²) in [7, 11) is 0. The first-order chi connectivity index (χ1) is 10.0. The van der Waals surface area contributed by atoms with Crippen molar-refractivity contribution in [2.45, 2.75) is 18.6 Å². The van der Waals surface area contributed by atoms with Gasteiger partial charge in [-0.2, -0.15) is 26.7 Å². The molecule has 0 aromatic carbocycles. The molecule has 0 radical (unpaired) electrons. The predicted molar refractivity (Wildman–Crippen MR) is 86.0 cm³/mol. The van der Waals surface area contributed by atoms with Gasteiger partial charge in [0.05, 0.1) is 13.2 Å². The standard InChI is InChI=1S/C13H22N6OS/c1-13(2)9-19(5-8-21-13)12-16-10(14)15-11(17-12)18-3-6-20-7-4-18/h3-9H2,1-2H3,(H2,14,15,16,17). The van der Waals surface area contributed by atoms with E-state index in [9.17, 15) is 0 Å². The van der Waals surface area contributed by atoms with E-state index in [1.165, 1.54) is 0 Å². The average molecular weight is 310 g/mol. The first-order valence-corrected chi connectivity index (χ1v) is 8.25. The van der Waals surface area contributed by atoms with Crippen molar-refractivity contribution in [2.24, 2.45) is 0 Å². The first-order valence-electron chi connectivity index (χ1n) is 7.27. The molecule has 0 unspecified atom stereocenters. The molecule has 1 aromatic heterocycles. The molecule has 21 heavy (non-hydrogen) atoms. The molecule has 2 saturated heterocycles. The fraction of sp³-hybridized carbons (Fsp3) is 0.769. The fourth-order valence-corrected chi connectivity index (χ4v) is 3.71. The van der Waals surface area contributed by atoms with Crippen molar-refractivity contribution in [3.63, 3.8) is 0 Å². The summed E-state index contributed by atoms with van der Waals surface area (Å²) in [6.45, 7) is 9.36. The quantitative estimate of drug-likeness (QED) is 0.851. The van der Waals surface area contributed by atoms with Crippen LogP contribution in [0.15, 0.2) is 0 Å². The molecule has 0 bridgehead atoms. The Kier molecular flexibility index (Phi) is 4.08.